The second-order valence-corrected chi connectivity index (χ2v) is 4.91. The zero-order valence-electron chi connectivity index (χ0n) is 9.29. The molecule has 15 heavy (non-hydrogen) atoms. The molecule has 2 rings (SSSR count). The Kier molecular flexibility index (Phi) is 2.61. The van der Waals surface area contributed by atoms with Crippen molar-refractivity contribution in [3.63, 3.8) is 0 Å². The number of benzene rings is 1. The van der Waals surface area contributed by atoms with Crippen LogP contribution in [0.1, 0.15) is 38.3 Å². The maximum absolute atomic E-state index is 11.6. The van der Waals surface area contributed by atoms with Crippen LogP contribution in [0.4, 0.5) is 0 Å². The molecule has 1 saturated heterocycles. The fourth-order valence-corrected chi connectivity index (χ4v) is 2.25. The Bertz CT molecular complexity index is 356. The molecule has 1 unspecified atom stereocenters. The van der Waals surface area contributed by atoms with Crippen LogP contribution in [0.3, 0.4) is 0 Å². The van der Waals surface area contributed by atoms with Gasteiger partial charge in [-0.1, -0.05) is 30.3 Å². The van der Waals surface area contributed by atoms with E-state index >= 15 is 0 Å². The molecule has 1 aromatic carbocycles. The van der Waals surface area contributed by atoms with Gasteiger partial charge in [0, 0.05) is 24.4 Å². The van der Waals surface area contributed by atoms with Gasteiger partial charge in [0.1, 0.15) is 5.78 Å². The summed E-state index contributed by atoms with van der Waals surface area (Å²) in [6, 6.07) is 10.4. The van der Waals surface area contributed by atoms with Crippen molar-refractivity contribution in [3.05, 3.63) is 35.9 Å². The van der Waals surface area contributed by atoms with Crippen molar-refractivity contribution in [2.75, 3.05) is 0 Å². The lowest BCUT2D eigenvalue weighted by atomic mass is 9.86. The number of ketones is 1. The van der Waals surface area contributed by atoms with Gasteiger partial charge in [-0.3, -0.25) is 4.79 Å². The molecule has 1 aliphatic rings. The number of carbonyl (C=O) groups excluding carboxylic acids is 1. The van der Waals surface area contributed by atoms with Crippen molar-refractivity contribution in [2.45, 2.75) is 38.3 Å². The van der Waals surface area contributed by atoms with E-state index in [0.717, 1.165) is 0 Å². The normalized spacial score (nSPS) is 25.2. The zero-order valence-corrected chi connectivity index (χ0v) is 9.29. The van der Waals surface area contributed by atoms with Crippen molar-refractivity contribution in [1.29, 1.82) is 0 Å². The van der Waals surface area contributed by atoms with E-state index < -0.39 is 0 Å². The Morgan fingerprint density at radius 1 is 1.27 bits per heavy atom. The molecule has 80 valence electrons. The molecule has 1 aromatic rings. The Balaban J connectivity index is 2.20. The predicted molar refractivity (Wildman–Crippen MR) is 60.6 cm³/mol. The third-order valence-corrected chi connectivity index (χ3v) is 2.84. The molecule has 0 radical (unpaired) electrons. The van der Waals surface area contributed by atoms with Gasteiger partial charge in [-0.05, 0) is 19.4 Å². The summed E-state index contributed by atoms with van der Waals surface area (Å²) >= 11 is 0. The van der Waals surface area contributed by atoms with E-state index in [9.17, 15) is 4.79 Å². The van der Waals surface area contributed by atoms with E-state index in [4.69, 9.17) is 0 Å². The first-order chi connectivity index (χ1) is 7.07. The van der Waals surface area contributed by atoms with Crippen LogP contribution >= 0.6 is 0 Å². The summed E-state index contributed by atoms with van der Waals surface area (Å²) < 4.78 is 0. The number of piperidine rings is 1. The van der Waals surface area contributed by atoms with E-state index in [1.54, 1.807) is 0 Å². The van der Waals surface area contributed by atoms with E-state index in [1.165, 1.54) is 5.56 Å². The van der Waals surface area contributed by atoms with E-state index in [0.29, 0.717) is 18.6 Å². The van der Waals surface area contributed by atoms with Crippen molar-refractivity contribution in [2.24, 2.45) is 0 Å². The molecule has 0 spiro atoms. The van der Waals surface area contributed by atoms with Gasteiger partial charge in [0.25, 0.3) is 0 Å². The van der Waals surface area contributed by atoms with Gasteiger partial charge in [-0.25, -0.2) is 0 Å². The minimum atomic E-state index is -0.0736. The molecule has 0 bridgehead atoms. The molecule has 1 fully saturated rings. The lowest BCUT2D eigenvalue weighted by Crippen LogP contribution is -2.48. The first-order valence-corrected chi connectivity index (χ1v) is 5.41. The zero-order chi connectivity index (χ0) is 10.9. The molecule has 2 heteroatoms. The smallest absolute Gasteiger partial charge is 0.136 e. The van der Waals surface area contributed by atoms with Gasteiger partial charge >= 0.3 is 0 Å². The van der Waals surface area contributed by atoms with Gasteiger partial charge < -0.3 is 5.32 Å². The summed E-state index contributed by atoms with van der Waals surface area (Å²) in [7, 11) is 0. The van der Waals surface area contributed by atoms with E-state index in [-0.39, 0.29) is 11.6 Å². The van der Waals surface area contributed by atoms with Crippen LogP contribution < -0.4 is 5.32 Å². The van der Waals surface area contributed by atoms with Crippen LogP contribution in [-0.4, -0.2) is 11.3 Å². The Labute approximate surface area is 90.7 Å². The molecule has 1 atom stereocenters. The summed E-state index contributed by atoms with van der Waals surface area (Å²) in [5, 5.41) is 3.52. The maximum Gasteiger partial charge on any atom is 0.136 e. The molecule has 0 aliphatic carbocycles. The van der Waals surface area contributed by atoms with Crippen molar-refractivity contribution < 1.29 is 4.79 Å². The highest BCUT2D eigenvalue weighted by Crippen LogP contribution is 2.28. The van der Waals surface area contributed by atoms with Gasteiger partial charge in [0.2, 0.25) is 0 Å². The summed E-state index contributed by atoms with van der Waals surface area (Å²) in [5.41, 5.74) is 1.13. The summed E-state index contributed by atoms with van der Waals surface area (Å²) in [5.74, 6) is 0.354. The summed E-state index contributed by atoms with van der Waals surface area (Å²) in [6.07, 6.45) is 1.25. The van der Waals surface area contributed by atoms with Crippen LogP contribution in [0.2, 0.25) is 0 Å². The van der Waals surface area contributed by atoms with Gasteiger partial charge in [0.05, 0.1) is 0 Å². The maximum atomic E-state index is 11.6. The van der Waals surface area contributed by atoms with Crippen LogP contribution in [0.15, 0.2) is 30.3 Å². The lowest BCUT2D eigenvalue weighted by Gasteiger charge is -2.36. The molecule has 1 heterocycles. The topological polar surface area (TPSA) is 29.1 Å². The fraction of sp³-hybridized carbons (Fsp3) is 0.462. The molecular weight excluding hydrogens is 186 g/mol. The average Bonchev–Trinajstić information content (AvgIpc) is 2.16. The van der Waals surface area contributed by atoms with Crippen LogP contribution in [-0.2, 0) is 4.79 Å². The monoisotopic (exact) mass is 203 g/mol. The quantitative estimate of drug-likeness (QED) is 0.759. The highest BCUT2D eigenvalue weighted by Gasteiger charge is 2.32. The third-order valence-electron chi connectivity index (χ3n) is 2.84. The molecule has 0 saturated carbocycles. The molecule has 0 amide bonds. The molecule has 0 aromatic heterocycles. The first kappa shape index (κ1) is 10.4. The number of hydrogen-bond acceptors (Lipinski definition) is 2. The fourth-order valence-electron chi connectivity index (χ4n) is 2.25. The van der Waals surface area contributed by atoms with Crippen LogP contribution in [0.5, 0.6) is 0 Å². The minimum absolute atomic E-state index is 0.0736. The number of nitrogens with one attached hydrogen (secondary N) is 1. The van der Waals surface area contributed by atoms with E-state index in [2.05, 4.69) is 31.3 Å². The summed E-state index contributed by atoms with van der Waals surface area (Å²) in [6.45, 7) is 4.17. The number of rotatable bonds is 1. The SMILES string of the molecule is CC1(C)CC(=O)CC(c2ccccc2)N1. The number of hydrogen-bond donors (Lipinski definition) is 1. The Morgan fingerprint density at radius 3 is 2.53 bits per heavy atom. The van der Waals surface area contributed by atoms with E-state index in [1.807, 2.05) is 18.2 Å². The van der Waals surface area contributed by atoms with Crippen molar-refractivity contribution in [3.8, 4) is 0 Å². The van der Waals surface area contributed by atoms with Crippen molar-refractivity contribution in [1.82, 2.24) is 5.32 Å². The largest absolute Gasteiger partial charge is 0.304 e. The predicted octanol–water partition coefficient (Wildman–Crippen LogP) is 2.46. The average molecular weight is 203 g/mol. The lowest BCUT2D eigenvalue weighted by molar-refractivity contribution is -0.122. The standard InChI is InChI=1S/C13H17NO/c1-13(2)9-11(15)8-12(14-13)10-6-4-3-5-7-10/h3-7,12,14H,8-9H2,1-2H3. The highest BCUT2D eigenvalue weighted by molar-refractivity contribution is 5.81. The Morgan fingerprint density at radius 2 is 1.93 bits per heavy atom. The minimum Gasteiger partial charge on any atom is -0.304 e. The van der Waals surface area contributed by atoms with Gasteiger partial charge in [0.15, 0.2) is 0 Å². The molecule has 2 nitrogen and oxygen atoms in total. The second-order valence-electron chi connectivity index (χ2n) is 4.91. The molecule has 1 aliphatic heterocycles. The highest BCUT2D eigenvalue weighted by atomic mass is 16.1. The second kappa shape index (κ2) is 3.78. The molecular formula is C13H17NO. The van der Waals surface area contributed by atoms with Crippen LogP contribution in [0, 0.1) is 0 Å². The van der Waals surface area contributed by atoms with Gasteiger partial charge in [-0.15, -0.1) is 0 Å². The Hall–Kier alpha value is -1.15. The number of Topliss-reactive ketones (excluding diaryl/α,β-unsaturated/α-hetero) is 1. The van der Waals surface area contributed by atoms with Gasteiger partial charge in [-0.2, -0.15) is 0 Å². The van der Waals surface area contributed by atoms with Crippen LogP contribution in [0.25, 0.3) is 0 Å². The molecule has 1 N–H and O–H groups in total. The summed E-state index contributed by atoms with van der Waals surface area (Å²) in [4.78, 5) is 11.6. The third kappa shape index (κ3) is 2.45. The number of carbonyl (C=O) groups is 1. The van der Waals surface area contributed by atoms with Crippen molar-refractivity contribution >= 4 is 5.78 Å². The first-order valence-electron chi connectivity index (χ1n) is 5.41.